The van der Waals surface area contributed by atoms with Gasteiger partial charge in [0.05, 0.1) is 6.61 Å². The van der Waals surface area contributed by atoms with Crippen LogP contribution in [0.1, 0.15) is 5.56 Å². The third-order valence-electron chi connectivity index (χ3n) is 1.36. The number of hydrogen-bond donors (Lipinski definition) is 1. The molecule has 2 nitrogen and oxygen atoms in total. The highest BCUT2D eigenvalue weighted by Crippen LogP contribution is 2.14. The molecule has 0 atom stereocenters. The highest BCUT2D eigenvalue weighted by atomic mass is 35.5. The van der Waals surface area contributed by atoms with E-state index in [9.17, 15) is 4.39 Å². The molecule has 1 aromatic carbocycles. The molecule has 0 fully saturated rings. The van der Waals surface area contributed by atoms with Crippen LogP contribution in [-0.4, -0.2) is 11.9 Å². The van der Waals surface area contributed by atoms with Crippen LogP contribution in [0, 0.1) is 5.82 Å². The monoisotopic (exact) mass is 190 g/mol. The Morgan fingerprint density at radius 2 is 2.25 bits per heavy atom. The van der Waals surface area contributed by atoms with Crippen molar-refractivity contribution in [2.24, 2.45) is 0 Å². The Balaban J connectivity index is 2.72. The van der Waals surface area contributed by atoms with Gasteiger partial charge >= 0.3 is 0 Å². The van der Waals surface area contributed by atoms with Crippen LogP contribution in [-0.2, 0) is 11.3 Å². The number of aliphatic hydroxyl groups excluding tert-OH is 1. The van der Waals surface area contributed by atoms with Gasteiger partial charge in [-0.15, -0.1) is 0 Å². The lowest BCUT2D eigenvalue weighted by molar-refractivity contribution is -0.0122. The second-order valence-corrected chi connectivity index (χ2v) is 2.65. The molecule has 0 unspecified atom stereocenters. The summed E-state index contributed by atoms with van der Waals surface area (Å²) in [6, 6.07) is 4.30. The lowest BCUT2D eigenvalue weighted by atomic mass is 10.2. The predicted molar refractivity (Wildman–Crippen MR) is 43.3 cm³/mol. The Hall–Kier alpha value is -0.640. The van der Waals surface area contributed by atoms with E-state index in [4.69, 9.17) is 16.7 Å². The summed E-state index contributed by atoms with van der Waals surface area (Å²) >= 11 is 5.52. The molecule has 0 aliphatic heterocycles. The Morgan fingerprint density at radius 1 is 1.50 bits per heavy atom. The molecule has 1 rings (SSSR count). The molecular weight excluding hydrogens is 183 g/mol. The van der Waals surface area contributed by atoms with Crippen molar-refractivity contribution in [2.45, 2.75) is 6.61 Å². The van der Waals surface area contributed by atoms with Crippen molar-refractivity contribution in [3.8, 4) is 0 Å². The molecule has 0 heterocycles. The molecule has 0 aromatic heterocycles. The minimum atomic E-state index is -0.420. The van der Waals surface area contributed by atoms with E-state index in [1.807, 2.05) is 0 Å². The first kappa shape index (κ1) is 9.45. The molecule has 12 heavy (non-hydrogen) atoms. The zero-order valence-corrected chi connectivity index (χ0v) is 7.01. The minimum Gasteiger partial charge on any atom is -0.371 e. The van der Waals surface area contributed by atoms with Crippen molar-refractivity contribution in [3.63, 3.8) is 0 Å². The number of ether oxygens (including phenoxy) is 1. The first-order valence-corrected chi connectivity index (χ1v) is 3.74. The summed E-state index contributed by atoms with van der Waals surface area (Å²) in [7, 11) is 0. The van der Waals surface area contributed by atoms with Crippen LogP contribution >= 0.6 is 11.6 Å². The van der Waals surface area contributed by atoms with Gasteiger partial charge in [-0.3, -0.25) is 0 Å². The van der Waals surface area contributed by atoms with Crippen molar-refractivity contribution in [3.05, 3.63) is 34.6 Å². The molecule has 0 radical (unpaired) electrons. The zero-order chi connectivity index (χ0) is 8.97. The third-order valence-corrected chi connectivity index (χ3v) is 1.60. The zero-order valence-electron chi connectivity index (χ0n) is 6.26. The lowest BCUT2D eigenvalue weighted by Crippen LogP contribution is -1.96. The molecule has 0 saturated carbocycles. The van der Waals surface area contributed by atoms with Gasteiger partial charge in [0.1, 0.15) is 12.6 Å². The Bertz CT molecular complexity index is 265. The normalized spacial score (nSPS) is 10.2. The van der Waals surface area contributed by atoms with Gasteiger partial charge in [0.2, 0.25) is 0 Å². The summed E-state index contributed by atoms with van der Waals surface area (Å²) < 4.78 is 17.5. The van der Waals surface area contributed by atoms with Crippen molar-refractivity contribution in [1.82, 2.24) is 0 Å². The van der Waals surface area contributed by atoms with E-state index < -0.39 is 12.6 Å². The third kappa shape index (κ3) is 2.44. The maximum absolute atomic E-state index is 12.9. The van der Waals surface area contributed by atoms with Gasteiger partial charge in [-0.25, -0.2) is 4.39 Å². The van der Waals surface area contributed by atoms with Crippen molar-refractivity contribution in [1.29, 1.82) is 0 Å². The molecule has 0 saturated heterocycles. The van der Waals surface area contributed by atoms with E-state index in [1.54, 1.807) is 6.07 Å². The Labute approximate surface area is 74.5 Å². The smallest absolute Gasteiger partial charge is 0.144 e. The van der Waals surface area contributed by atoms with Crippen LogP contribution in [0.3, 0.4) is 0 Å². The van der Waals surface area contributed by atoms with Crippen LogP contribution < -0.4 is 0 Å². The second-order valence-electron chi connectivity index (χ2n) is 2.21. The lowest BCUT2D eigenvalue weighted by Gasteiger charge is -2.02. The number of hydrogen-bond acceptors (Lipinski definition) is 2. The molecule has 1 aromatic rings. The summed E-state index contributed by atoms with van der Waals surface area (Å²) in [5.74, 6) is -0.420. The van der Waals surface area contributed by atoms with Crippen LogP contribution in [0.4, 0.5) is 4.39 Å². The van der Waals surface area contributed by atoms with Gasteiger partial charge in [0.15, 0.2) is 0 Å². The molecule has 0 bridgehead atoms. The van der Waals surface area contributed by atoms with Gasteiger partial charge in [-0.1, -0.05) is 17.7 Å². The minimum absolute atomic E-state index is 0.0551. The van der Waals surface area contributed by atoms with Crippen LogP contribution in [0.2, 0.25) is 5.02 Å². The molecular formula is C8H8ClFO2. The quantitative estimate of drug-likeness (QED) is 0.739. The molecule has 0 amide bonds. The van der Waals surface area contributed by atoms with Gasteiger partial charge in [0.25, 0.3) is 0 Å². The highest BCUT2D eigenvalue weighted by molar-refractivity contribution is 6.30. The van der Waals surface area contributed by atoms with Gasteiger partial charge < -0.3 is 9.84 Å². The fraction of sp³-hybridized carbons (Fsp3) is 0.250. The molecule has 0 spiro atoms. The Kier molecular flexibility index (Phi) is 3.47. The fourth-order valence-electron chi connectivity index (χ4n) is 0.794. The highest BCUT2D eigenvalue weighted by Gasteiger charge is 2.01. The maximum atomic E-state index is 12.9. The molecule has 4 heteroatoms. The molecule has 1 N–H and O–H groups in total. The maximum Gasteiger partial charge on any atom is 0.144 e. The number of halogens is 2. The van der Waals surface area contributed by atoms with Crippen LogP contribution in [0.25, 0.3) is 0 Å². The first-order valence-electron chi connectivity index (χ1n) is 3.36. The average molecular weight is 191 g/mol. The van der Waals surface area contributed by atoms with Gasteiger partial charge in [-0.2, -0.15) is 0 Å². The van der Waals surface area contributed by atoms with E-state index in [0.29, 0.717) is 10.6 Å². The molecule has 66 valence electrons. The van der Waals surface area contributed by atoms with E-state index in [0.717, 1.165) is 0 Å². The van der Waals surface area contributed by atoms with Crippen LogP contribution in [0.15, 0.2) is 18.2 Å². The summed E-state index contributed by atoms with van der Waals surface area (Å²) in [6.45, 7) is -0.360. The number of benzene rings is 1. The first-order chi connectivity index (χ1) is 5.74. The van der Waals surface area contributed by atoms with Crippen LogP contribution in [0.5, 0.6) is 0 Å². The van der Waals surface area contributed by atoms with Crippen molar-refractivity contribution in [2.75, 3.05) is 6.79 Å². The van der Waals surface area contributed by atoms with Crippen molar-refractivity contribution >= 4 is 11.6 Å². The van der Waals surface area contributed by atoms with E-state index >= 15 is 0 Å². The summed E-state index contributed by atoms with van der Waals surface area (Å²) in [6.07, 6.45) is 0. The second kappa shape index (κ2) is 4.40. The van der Waals surface area contributed by atoms with E-state index in [1.165, 1.54) is 12.1 Å². The van der Waals surface area contributed by atoms with E-state index in [-0.39, 0.29) is 6.61 Å². The Morgan fingerprint density at radius 3 is 2.83 bits per heavy atom. The average Bonchev–Trinajstić information content (AvgIpc) is 2.03. The topological polar surface area (TPSA) is 29.5 Å². The largest absolute Gasteiger partial charge is 0.371 e. The number of aliphatic hydroxyl groups is 1. The summed E-state index contributed by atoms with van der Waals surface area (Å²) in [5, 5.41) is 8.65. The van der Waals surface area contributed by atoms with Gasteiger partial charge in [-0.05, 0) is 12.1 Å². The fourth-order valence-corrected chi connectivity index (χ4v) is 0.953. The predicted octanol–water partition coefficient (Wildman–Crippen LogP) is 1.95. The van der Waals surface area contributed by atoms with E-state index in [2.05, 4.69) is 4.74 Å². The summed E-state index contributed by atoms with van der Waals surface area (Å²) in [5.41, 5.74) is 0.383. The van der Waals surface area contributed by atoms with Crippen molar-refractivity contribution < 1.29 is 14.2 Å². The van der Waals surface area contributed by atoms with Gasteiger partial charge in [0, 0.05) is 10.6 Å². The molecule has 0 aliphatic carbocycles. The summed E-state index contributed by atoms with van der Waals surface area (Å²) in [4.78, 5) is 0. The number of rotatable bonds is 3. The SMILES string of the molecule is OCOCc1ccc(Cl)cc1F. The standard InChI is InChI=1S/C8H8ClFO2/c9-7-2-1-6(4-12-5-11)8(10)3-7/h1-3,11H,4-5H2. The molecule has 0 aliphatic rings.